The van der Waals surface area contributed by atoms with E-state index < -0.39 is 0 Å². The number of aryl methyl sites for hydroxylation is 1. The van der Waals surface area contributed by atoms with Crippen LogP contribution in [0, 0.1) is 0 Å². The summed E-state index contributed by atoms with van der Waals surface area (Å²) in [5.41, 5.74) is 7.50. The van der Waals surface area contributed by atoms with Gasteiger partial charge in [-0.15, -0.1) is 0 Å². The predicted octanol–water partition coefficient (Wildman–Crippen LogP) is 23.6. The minimum Gasteiger partial charge on any atom is -0.508 e. The first-order chi connectivity index (χ1) is 51.8. The molecule has 0 radical (unpaired) electrons. The maximum Gasteiger partial charge on any atom is 0.127 e. The quantitative estimate of drug-likeness (QED) is 0.0175. The molecule has 0 aliphatic rings. The molecule has 0 aliphatic heterocycles. The second-order valence-corrected chi connectivity index (χ2v) is 26.7. The van der Waals surface area contributed by atoms with E-state index in [-0.39, 0.29) is 80.5 Å². The van der Waals surface area contributed by atoms with E-state index in [9.17, 15) is 71.5 Å². The smallest absolute Gasteiger partial charge is 0.127 e. The molecule has 10 aromatic carbocycles. The van der Waals surface area contributed by atoms with Crippen LogP contribution in [0.2, 0.25) is 0 Å². The molecule has 107 heavy (non-hydrogen) atoms. The summed E-state index contributed by atoms with van der Waals surface area (Å²) in [6.07, 6.45) is 31.7. The van der Waals surface area contributed by atoms with Gasteiger partial charge in [-0.25, -0.2) is 0 Å². The zero-order chi connectivity index (χ0) is 77.8. The van der Waals surface area contributed by atoms with Crippen molar-refractivity contribution >= 4 is 0 Å². The van der Waals surface area contributed by atoms with Crippen LogP contribution in [-0.2, 0) is 44.9 Å². The number of aromatic hydroxyl groups is 14. The van der Waals surface area contributed by atoms with Crippen molar-refractivity contribution in [2.45, 2.75) is 214 Å². The number of hydrogen-bond donors (Lipinski definition) is 14. The maximum atomic E-state index is 9.61. The standard InChI is InChI=1S/C15H24O2.C14H14O2.C14H22O2.C13H12O2.C13H20O2.C12H10O2.C12H18O2/c1-2-3-4-5-6-7-8-10-13-14(16)11-9-12-15(13)17;15-13-7-4-8-14(16)12(13)10-9-11-5-2-1-3-6-11;1-2-3-4-5-6-7-9-12-13(15)10-8-11-14(12)16;14-12-7-4-8-13(15)11(12)9-10-5-2-1-3-6-10;1-2-3-4-5-6-8-11-12(14)9-7-10-13(11)15;13-10-7-4-8-11(14)12(10)9-5-2-1-3-6-9;1-2-3-4-5-7-10-11(13)8-6-9-12(10)14/h9,11-12,16-17H,2-8,10H2,1H3;1-8,15-16H,9-10H2;8,10-11,15-16H,2-7,9H2,1H3;1-8,14-15H,9H2;7,9-10,14-15H,2-6,8H2,1H3;1-8,13-14H;6,8-9,13-14H,2-5,7H2,1H3. The van der Waals surface area contributed by atoms with Gasteiger partial charge >= 0.3 is 0 Å². The summed E-state index contributed by atoms with van der Waals surface area (Å²) in [6.45, 7) is 8.79. The van der Waals surface area contributed by atoms with Gasteiger partial charge in [0.15, 0.2) is 0 Å². The summed E-state index contributed by atoms with van der Waals surface area (Å²) in [5, 5.41) is 134. The van der Waals surface area contributed by atoms with Crippen molar-refractivity contribution in [3.63, 3.8) is 0 Å². The van der Waals surface area contributed by atoms with E-state index in [2.05, 4.69) is 27.7 Å². The van der Waals surface area contributed by atoms with Gasteiger partial charge < -0.3 is 71.5 Å². The SMILES string of the molecule is CCCCCCCCCc1c(O)cccc1O.CCCCCCCCc1c(O)cccc1O.CCCCCCCc1c(O)cccc1O.CCCCCCc1c(O)cccc1O.Oc1cccc(O)c1-c1ccccc1.Oc1cccc(O)c1CCc1ccccc1.Oc1cccc(O)c1Cc1ccccc1. The van der Waals surface area contributed by atoms with E-state index in [1.807, 2.05) is 91.0 Å². The number of unbranched alkanes of at least 4 members (excludes halogenated alkanes) is 18. The van der Waals surface area contributed by atoms with Crippen LogP contribution in [0.1, 0.15) is 213 Å². The van der Waals surface area contributed by atoms with Gasteiger partial charge in [-0.1, -0.05) is 277 Å². The number of rotatable bonds is 32. The summed E-state index contributed by atoms with van der Waals surface area (Å²) in [7, 11) is 0. The Labute approximate surface area is 636 Å². The Kier molecular flexibility index (Phi) is 44.2. The third-order valence-corrected chi connectivity index (χ3v) is 18.2. The van der Waals surface area contributed by atoms with Gasteiger partial charge in [-0.3, -0.25) is 0 Å². The minimum atomic E-state index is 0.0937. The van der Waals surface area contributed by atoms with Gasteiger partial charge in [-0.05, 0) is 166 Å². The molecule has 14 heteroatoms. The topological polar surface area (TPSA) is 283 Å². The normalized spacial score (nSPS) is 10.4. The Hall–Kier alpha value is -10.6. The Morgan fingerprint density at radius 1 is 0.168 bits per heavy atom. The molecular formula is C93H120O14. The zero-order valence-corrected chi connectivity index (χ0v) is 63.6. The second kappa shape index (κ2) is 53.2. The van der Waals surface area contributed by atoms with E-state index in [1.165, 1.54) is 115 Å². The van der Waals surface area contributed by atoms with Crippen molar-refractivity contribution in [2.75, 3.05) is 0 Å². The third-order valence-electron chi connectivity index (χ3n) is 18.2. The molecule has 0 spiro atoms. The van der Waals surface area contributed by atoms with Crippen molar-refractivity contribution in [3.8, 4) is 91.6 Å². The molecule has 0 fully saturated rings. The Morgan fingerprint density at radius 2 is 0.374 bits per heavy atom. The number of hydrogen-bond acceptors (Lipinski definition) is 14. The van der Waals surface area contributed by atoms with Crippen molar-refractivity contribution in [2.24, 2.45) is 0 Å². The first-order valence-corrected chi connectivity index (χ1v) is 38.5. The van der Waals surface area contributed by atoms with Crippen LogP contribution in [0.3, 0.4) is 0 Å². The lowest BCUT2D eigenvalue weighted by Gasteiger charge is -2.06. The highest BCUT2D eigenvalue weighted by Gasteiger charge is 2.13. The van der Waals surface area contributed by atoms with E-state index in [0.717, 1.165) is 75.3 Å². The zero-order valence-electron chi connectivity index (χ0n) is 63.6. The molecule has 0 heterocycles. The van der Waals surface area contributed by atoms with Gasteiger partial charge in [0.25, 0.3) is 0 Å². The van der Waals surface area contributed by atoms with Crippen LogP contribution in [0.15, 0.2) is 218 Å². The molecule has 0 aromatic heterocycles. The van der Waals surface area contributed by atoms with Crippen molar-refractivity contribution in [1.29, 1.82) is 0 Å². The average molecular weight is 1460 g/mol. The molecule has 576 valence electrons. The largest absolute Gasteiger partial charge is 0.508 e. The molecular weight excluding hydrogens is 1340 g/mol. The molecule has 0 saturated carbocycles. The van der Waals surface area contributed by atoms with E-state index >= 15 is 0 Å². The average Bonchev–Trinajstić information content (AvgIpc) is 0.763. The molecule has 10 rings (SSSR count). The maximum absolute atomic E-state index is 9.61. The van der Waals surface area contributed by atoms with Crippen molar-refractivity contribution in [1.82, 2.24) is 0 Å². The van der Waals surface area contributed by atoms with Crippen LogP contribution >= 0.6 is 0 Å². The van der Waals surface area contributed by atoms with Crippen LogP contribution in [-0.4, -0.2) is 71.5 Å². The first-order valence-electron chi connectivity index (χ1n) is 38.5. The van der Waals surface area contributed by atoms with Gasteiger partial charge in [0.1, 0.15) is 80.5 Å². The van der Waals surface area contributed by atoms with Gasteiger partial charge in [0.2, 0.25) is 0 Å². The molecule has 0 aliphatic carbocycles. The Morgan fingerprint density at radius 3 is 0.645 bits per heavy atom. The minimum absolute atomic E-state index is 0.0937. The van der Waals surface area contributed by atoms with Crippen LogP contribution in [0.5, 0.6) is 80.5 Å². The lowest BCUT2D eigenvalue weighted by atomic mass is 10.0. The Balaban J connectivity index is 0.000000264. The lowest BCUT2D eigenvalue weighted by Crippen LogP contribution is -1.92. The molecule has 0 saturated heterocycles. The van der Waals surface area contributed by atoms with Crippen LogP contribution in [0.25, 0.3) is 11.1 Å². The highest BCUT2D eigenvalue weighted by molar-refractivity contribution is 5.76. The monoisotopic (exact) mass is 1460 g/mol. The number of benzene rings is 10. The van der Waals surface area contributed by atoms with Crippen molar-refractivity contribution < 1.29 is 71.5 Å². The summed E-state index contributed by atoms with van der Waals surface area (Å²) in [4.78, 5) is 0. The number of phenolic OH excluding ortho intramolecular Hbond substituents is 14. The van der Waals surface area contributed by atoms with Crippen LogP contribution in [0.4, 0.5) is 0 Å². The van der Waals surface area contributed by atoms with Crippen LogP contribution < -0.4 is 0 Å². The Bertz CT molecular complexity index is 3850. The molecule has 0 amide bonds. The summed E-state index contributed by atoms with van der Waals surface area (Å²) >= 11 is 0. The molecule has 10 aromatic rings. The van der Waals surface area contributed by atoms with Gasteiger partial charge in [-0.2, -0.15) is 0 Å². The molecule has 0 bridgehead atoms. The molecule has 0 atom stereocenters. The molecule has 14 nitrogen and oxygen atoms in total. The highest BCUT2D eigenvalue weighted by atomic mass is 16.3. The van der Waals surface area contributed by atoms with Gasteiger partial charge in [0.05, 0.1) is 5.56 Å². The predicted molar refractivity (Wildman–Crippen MR) is 436 cm³/mol. The summed E-state index contributed by atoms with van der Waals surface area (Å²) in [6, 6.07) is 63.1. The second-order valence-electron chi connectivity index (χ2n) is 26.7. The third kappa shape index (κ3) is 34.9. The van der Waals surface area contributed by atoms with E-state index in [1.54, 1.807) is 127 Å². The highest BCUT2D eigenvalue weighted by Crippen LogP contribution is 2.37. The van der Waals surface area contributed by atoms with Crippen molar-refractivity contribution in [3.05, 3.63) is 263 Å². The van der Waals surface area contributed by atoms with Gasteiger partial charge in [0, 0.05) is 39.8 Å². The first kappa shape index (κ1) is 88.8. The molecule has 14 N–H and O–H groups in total. The fourth-order valence-corrected chi connectivity index (χ4v) is 12.0. The summed E-state index contributed by atoms with van der Waals surface area (Å²) in [5.74, 6) is 2.50. The fourth-order valence-electron chi connectivity index (χ4n) is 12.0. The molecule has 0 unspecified atom stereocenters. The fraction of sp³-hybridized carbons (Fsp3) is 0.355. The lowest BCUT2D eigenvalue weighted by molar-refractivity contribution is 0.434. The number of phenols is 14. The summed E-state index contributed by atoms with van der Waals surface area (Å²) < 4.78 is 0. The van der Waals surface area contributed by atoms with E-state index in [4.69, 9.17) is 0 Å². The van der Waals surface area contributed by atoms with E-state index in [0.29, 0.717) is 51.8 Å².